The van der Waals surface area contributed by atoms with Crippen molar-refractivity contribution in [2.24, 2.45) is 0 Å². The number of ether oxygens (including phenoxy) is 1. The lowest BCUT2D eigenvalue weighted by molar-refractivity contribution is -0.143. The van der Waals surface area contributed by atoms with Crippen molar-refractivity contribution in [3.63, 3.8) is 0 Å². The predicted molar refractivity (Wildman–Crippen MR) is 83.5 cm³/mol. The lowest BCUT2D eigenvalue weighted by Gasteiger charge is -2.12. The molecule has 1 aromatic heterocycles. The van der Waals surface area contributed by atoms with E-state index in [9.17, 15) is 10.1 Å². The number of esters is 1. The van der Waals surface area contributed by atoms with E-state index in [0.717, 1.165) is 16.3 Å². The van der Waals surface area contributed by atoms with Gasteiger partial charge >= 0.3 is 5.97 Å². The molecule has 0 bridgehead atoms. The Hall–Kier alpha value is -1.52. The highest BCUT2D eigenvalue weighted by Gasteiger charge is 2.23. The normalized spacial score (nSPS) is 11.5. The monoisotopic (exact) mass is 306 g/mol. The van der Waals surface area contributed by atoms with Crippen LogP contribution < -0.4 is 0 Å². The van der Waals surface area contributed by atoms with Crippen molar-refractivity contribution in [1.29, 1.82) is 5.26 Å². The smallest absolute Gasteiger partial charge is 0.327 e. The zero-order valence-electron chi connectivity index (χ0n) is 12.6. The summed E-state index contributed by atoms with van der Waals surface area (Å²) in [7, 11) is 2.23. The molecule has 0 aliphatic carbocycles. The highest BCUT2D eigenvalue weighted by Crippen LogP contribution is 2.26. The van der Waals surface area contributed by atoms with Gasteiger partial charge in [0.25, 0.3) is 7.48 Å². The van der Waals surface area contributed by atoms with Gasteiger partial charge in [-0.2, -0.15) is 5.26 Å². The summed E-state index contributed by atoms with van der Waals surface area (Å²) in [5.74, 6) is -0.564. The summed E-state index contributed by atoms with van der Waals surface area (Å²) in [6.07, 6.45) is 2.28. The molecule has 0 aliphatic rings. The second kappa shape index (κ2) is 9.43. The van der Waals surface area contributed by atoms with Crippen LogP contribution in [-0.2, 0) is 20.5 Å². The molecule has 1 heterocycles. The molecule has 1 aromatic rings. The van der Waals surface area contributed by atoms with Crippen molar-refractivity contribution in [3.8, 4) is 6.07 Å². The summed E-state index contributed by atoms with van der Waals surface area (Å²) in [6.45, 7) is 4.02. The van der Waals surface area contributed by atoms with Gasteiger partial charge in [0, 0.05) is 23.9 Å². The second-order valence-corrected chi connectivity index (χ2v) is 5.51. The number of carbonyl (C=O) groups excluding carboxylic acids is 1. The minimum Gasteiger partial charge on any atom is -0.465 e. The molecule has 0 aromatic carbocycles. The number of rotatable bonds is 8. The van der Waals surface area contributed by atoms with Crippen molar-refractivity contribution >= 4 is 25.2 Å². The molecule has 0 aliphatic heterocycles. The van der Waals surface area contributed by atoms with E-state index in [-0.39, 0.29) is 6.61 Å². The van der Waals surface area contributed by atoms with Crippen LogP contribution in [0.4, 0.5) is 0 Å². The number of hydrogen-bond acceptors (Lipinski definition) is 6. The Morgan fingerprint density at radius 2 is 2.33 bits per heavy atom. The third kappa shape index (κ3) is 5.07. The third-order valence-electron chi connectivity index (χ3n) is 2.78. The lowest BCUT2D eigenvalue weighted by Crippen LogP contribution is -2.15. The van der Waals surface area contributed by atoms with Crippen molar-refractivity contribution in [1.82, 2.24) is 4.98 Å². The van der Waals surface area contributed by atoms with Crippen molar-refractivity contribution < 1.29 is 14.2 Å². The molecule has 0 N–H and O–H groups in total. The van der Waals surface area contributed by atoms with Gasteiger partial charge in [-0.3, -0.25) is 9.78 Å². The van der Waals surface area contributed by atoms with E-state index in [2.05, 4.69) is 4.98 Å². The van der Waals surface area contributed by atoms with Crippen LogP contribution in [0, 0.1) is 11.3 Å². The van der Waals surface area contributed by atoms with Gasteiger partial charge in [0.05, 0.1) is 12.7 Å². The first-order valence-electron chi connectivity index (χ1n) is 6.84. The van der Waals surface area contributed by atoms with Crippen LogP contribution >= 0.6 is 11.8 Å². The number of carbonyl (C=O) groups is 1. The zero-order chi connectivity index (χ0) is 15.7. The molecular formula is C14H19BN2O3S. The predicted octanol–water partition coefficient (Wildman–Crippen LogP) is 1.86. The maximum absolute atomic E-state index is 11.8. The molecule has 0 fully saturated rings. The molecule has 0 spiro atoms. The van der Waals surface area contributed by atoms with E-state index in [1.165, 1.54) is 0 Å². The summed E-state index contributed by atoms with van der Waals surface area (Å²) in [6, 6.07) is 3.84. The van der Waals surface area contributed by atoms with E-state index in [1.807, 2.05) is 19.1 Å². The topological polar surface area (TPSA) is 72.2 Å². The van der Waals surface area contributed by atoms with Gasteiger partial charge < -0.3 is 9.39 Å². The van der Waals surface area contributed by atoms with Gasteiger partial charge in [0.2, 0.25) is 0 Å². The highest BCUT2D eigenvalue weighted by molar-refractivity contribution is 7.99. The molecule has 0 saturated carbocycles. The van der Waals surface area contributed by atoms with Crippen LogP contribution in [0.25, 0.3) is 0 Å². The summed E-state index contributed by atoms with van der Waals surface area (Å²) in [5.41, 5.74) is 1.50. The standard InChI is InChI=1S/C14H19BN2O3S/c1-4-20-14(18)11(8-16)10-6-13(21-5-2)12(17-9-10)7-15-19-3/h6,9,11,15H,4-5,7H2,1-3H3. The van der Waals surface area contributed by atoms with Gasteiger partial charge in [0.1, 0.15) is 0 Å². The first-order valence-corrected chi connectivity index (χ1v) is 7.83. The number of nitriles is 1. The number of aromatic nitrogens is 1. The van der Waals surface area contributed by atoms with E-state index in [4.69, 9.17) is 9.39 Å². The van der Waals surface area contributed by atoms with Crippen LogP contribution in [0.15, 0.2) is 17.2 Å². The van der Waals surface area contributed by atoms with Gasteiger partial charge in [-0.25, -0.2) is 0 Å². The van der Waals surface area contributed by atoms with Crippen molar-refractivity contribution in [2.75, 3.05) is 19.5 Å². The minimum absolute atomic E-state index is 0.257. The molecule has 0 saturated heterocycles. The molecular weight excluding hydrogens is 287 g/mol. The molecule has 21 heavy (non-hydrogen) atoms. The van der Waals surface area contributed by atoms with Crippen LogP contribution in [0.1, 0.15) is 31.0 Å². The Kier molecular flexibility index (Phi) is 7.87. The molecule has 5 nitrogen and oxygen atoms in total. The van der Waals surface area contributed by atoms with Crippen molar-refractivity contribution in [2.45, 2.75) is 31.0 Å². The fraction of sp³-hybridized carbons (Fsp3) is 0.500. The van der Waals surface area contributed by atoms with Gasteiger partial charge in [-0.05, 0) is 30.6 Å². The number of nitrogens with zero attached hydrogens (tertiary/aromatic N) is 2. The molecule has 0 amide bonds. The van der Waals surface area contributed by atoms with E-state index in [0.29, 0.717) is 19.4 Å². The van der Waals surface area contributed by atoms with Crippen LogP contribution in [0.5, 0.6) is 0 Å². The minimum atomic E-state index is -0.926. The number of hydrogen-bond donors (Lipinski definition) is 0. The Morgan fingerprint density at radius 1 is 1.57 bits per heavy atom. The Morgan fingerprint density at radius 3 is 2.90 bits per heavy atom. The van der Waals surface area contributed by atoms with Crippen LogP contribution in [-0.4, -0.2) is 37.9 Å². The number of pyridine rings is 1. The highest BCUT2D eigenvalue weighted by atomic mass is 32.2. The average Bonchev–Trinajstić information content (AvgIpc) is 2.48. The van der Waals surface area contributed by atoms with Gasteiger partial charge in [-0.15, -0.1) is 11.8 Å². The Labute approximate surface area is 130 Å². The molecule has 1 rings (SSSR count). The third-order valence-corrected chi connectivity index (χ3v) is 3.73. The maximum atomic E-state index is 11.8. The average molecular weight is 306 g/mol. The Balaban J connectivity index is 3.05. The molecule has 0 radical (unpaired) electrons. The maximum Gasteiger partial charge on any atom is 0.327 e. The van der Waals surface area contributed by atoms with E-state index < -0.39 is 11.9 Å². The largest absolute Gasteiger partial charge is 0.465 e. The first-order chi connectivity index (χ1) is 10.2. The zero-order valence-corrected chi connectivity index (χ0v) is 13.4. The fourth-order valence-corrected chi connectivity index (χ4v) is 2.65. The van der Waals surface area contributed by atoms with E-state index >= 15 is 0 Å². The quantitative estimate of drug-likeness (QED) is 0.415. The Bertz CT molecular complexity index is 519. The summed E-state index contributed by atoms with van der Waals surface area (Å²) in [5, 5.41) is 9.20. The lowest BCUT2D eigenvalue weighted by atomic mass is 9.92. The van der Waals surface area contributed by atoms with Gasteiger partial charge in [0.15, 0.2) is 5.92 Å². The summed E-state index contributed by atoms with van der Waals surface area (Å²) in [4.78, 5) is 17.2. The van der Waals surface area contributed by atoms with E-state index in [1.54, 1.807) is 32.0 Å². The van der Waals surface area contributed by atoms with Crippen LogP contribution in [0.3, 0.4) is 0 Å². The SMILES string of the molecule is CCOC(=O)C(C#N)c1cnc(CBOC)c(SCC)c1. The number of thioether (sulfide) groups is 1. The molecule has 1 atom stereocenters. The molecule has 112 valence electrons. The summed E-state index contributed by atoms with van der Waals surface area (Å²) >= 11 is 1.64. The summed E-state index contributed by atoms with van der Waals surface area (Å²) < 4.78 is 10.0. The molecule has 7 heteroatoms. The second-order valence-electron chi connectivity index (χ2n) is 4.20. The van der Waals surface area contributed by atoms with Crippen molar-refractivity contribution in [3.05, 3.63) is 23.5 Å². The van der Waals surface area contributed by atoms with Gasteiger partial charge in [-0.1, -0.05) is 6.92 Å². The first kappa shape index (κ1) is 17.5. The molecule has 1 unspecified atom stereocenters. The fourth-order valence-electron chi connectivity index (χ4n) is 1.80. The van der Waals surface area contributed by atoms with Crippen LogP contribution in [0.2, 0.25) is 0 Å².